The molecule has 2 aliphatic heterocycles. The molecule has 0 spiro atoms. The average molecular weight is 795 g/mol. The Bertz CT molecular complexity index is 3300. The van der Waals surface area contributed by atoms with Crippen molar-refractivity contribution in [1.82, 2.24) is 9.97 Å². The van der Waals surface area contributed by atoms with Crippen LogP contribution in [0.2, 0.25) is 0 Å². The number of ether oxygens (including phenoxy) is 2. The summed E-state index contributed by atoms with van der Waals surface area (Å²) < 4.78 is 12.9. The van der Waals surface area contributed by atoms with Gasteiger partial charge in [0.05, 0.1) is 34.1 Å². The van der Waals surface area contributed by atoms with E-state index in [4.69, 9.17) is 19.4 Å². The lowest BCUT2D eigenvalue weighted by molar-refractivity contribution is 0.477. The molecule has 0 atom stereocenters. The van der Waals surface area contributed by atoms with Crippen LogP contribution in [-0.4, -0.2) is 9.97 Å². The Balaban J connectivity index is 1.18. The molecule has 9 aromatic carbocycles. The number of nitrogens with zero attached hydrogens (tertiary/aromatic N) is 4. The Kier molecular flexibility index (Phi) is 7.50. The van der Waals surface area contributed by atoms with Crippen molar-refractivity contribution < 1.29 is 9.47 Å². The summed E-state index contributed by atoms with van der Waals surface area (Å²) in [6, 6.07) is 68.0. The van der Waals surface area contributed by atoms with Gasteiger partial charge in [0, 0.05) is 45.7 Å². The molecule has 0 saturated carbocycles. The molecule has 0 amide bonds. The summed E-state index contributed by atoms with van der Waals surface area (Å²) in [5.74, 6) is 3.22. The second-order valence-corrected chi connectivity index (χ2v) is 15.7. The van der Waals surface area contributed by atoms with Crippen molar-refractivity contribution in [3.05, 3.63) is 207 Å². The molecule has 2 aromatic heterocycles. The maximum absolute atomic E-state index is 6.47. The highest BCUT2D eigenvalue weighted by molar-refractivity contribution is 6.25. The van der Waals surface area contributed by atoms with Crippen LogP contribution in [0.1, 0.15) is 0 Å². The van der Waals surface area contributed by atoms with E-state index in [1.54, 1.807) is 0 Å². The van der Waals surface area contributed by atoms with Crippen LogP contribution in [0.15, 0.2) is 207 Å². The second kappa shape index (κ2) is 13.5. The number of pyridine rings is 2. The standard InChI is InChI=1S/C56H34N4O2/c1-3-15-39-35(13-1)29-31-57-55(39)53-41-27-25-38(60-47-19-7-11-23-51(47)62-52-24-12-8-20-48(52)60)34-44(41)54(56-40-16-4-2-14-36(40)30-32-58-56)42-28-26-37(33-43(42)53)59-45-17-5-9-21-49(45)61-50-22-10-6-18-46(50)59/h1-34H. The summed E-state index contributed by atoms with van der Waals surface area (Å²) in [7, 11) is 0. The molecule has 13 rings (SSSR count). The van der Waals surface area contributed by atoms with Crippen LogP contribution in [0, 0.1) is 0 Å². The van der Waals surface area contributed by atoms with Gasteiger partial charge in [-0.2, -0.15) is 0 Å². The molecule has 0 aliphatic carbocycles. The lowest BCUT2D eigenvalue weighted by Crippen LogP contribution is -2.16. The van der Waals surface area contributed by atoms with Gasteiger partial charge in [-0.15, -0.1) is 0 Å². The first-order valence-electron chi connectivity index (χ1n) is 20.8. The van der Waals surface area contributed by atoms with Gasteiger partial charge in [-0.3, -0.25) is 9.97 Å². The van der Waals surface area contributed by atoms with Gasteiger partial charge in [0.2, 0.25) is 0 Å². The number of aromatic nitrogens is 2. The molecule has 0 unspecified atom stereocenters. The molecule has 0 saturated heterocycles. The van der Waals surface area contributed by atoms with E-state index in [-0.39, 0.29) is 0 Å². The van der Waals surface area contributed by atoms with E-state index in [0.717, 1.165) is 123 Å². The van der Waals surface area contributed by atoms with Crippen molar-refractivity contribution in [3.8, 4) is 45.5 Å². The van der Waals surface area contributed by atoms with Crippen LogP contribution in [0.3, 0.4) is 0 Å². The van der Waals surface area contributed by atoms with Gasteiger partial charge in [0.15, 0.2) is 23.0 Å². The van der Waals surface area contributed by atoms with Crippen LogP contribution in [0.25, 0.3) is 65.6 Å². The Hall–Kier alpha value is -8.48. The predicted octanol–water partition coefficient (Wildman–Crippen LogP) is 15.6. The number of hydrogen-bond donors (Lipinski definition) is 0. The molecule has 2 aliphatic rings. The molecule has 0 fully saturated rings. The number of benzene rings is 9. The van der Waals surface area contributed by atoms with Gasteiger partial charge < -0.3 is 19.3 Å². The minimum Gasteiger partial charge on any atom is -0.453 e. The first-order valence-corrected chi connectivity index (χ1v) is 20.8. The zero-order chi connectivity index (χ0) is 40.7. The van der Waals surface area contributed by atoms with E-state index < -0.39 is 0 Å². The van der Waals surface area contributed by atoms with Gasteiger partial charge in [-0.1, -0.05) is 109 Å². The number of fused-ring (bicyclic) bond motifs is 8. The molecular weight excluding hydrogens is 761 g/mol. The van der Waals surface area contributed by atoms with E-state index in [2.05, 4.69) is 155 Å². The van der Waals surface area contributed by atoms with Gasteiger partial charge in [0.1, 0.15) is 0 Å². The second-order valence-electron chi connectivity index (χ2n) is 15.7. The molecular formula is C56H34N4O2. The van der Waals surface area contributed by atoms with Crippen LogP contribution in [0.5, 0.6) is 23.0 Å². The lowest BCUT2D eigenvalue weighted by atomic mass is 9.86. The normalized spacial score (nSPS) is 12.7. The van der Waals surface area contributed by atoms with Crippen molar-refractivity contribution in [3.63, 3.8) is 0 Å². The third-order valence-electron chi connectivity index (χ3n) is 12.3. The molecule has 6 nitrogen and oxygen atoms in total. The SMILES string of the molecule is c1ccc2c(c1)Oc1ccccc1N2c1ccc2c(-c3nccc4ccccc34)c3cc(N4c5ccccc5Oc5ccccc54)ccc3c(-c3nccc4ccccc34)c2c1. The van der Waals surface area contributed by atoms with Crippen LogP contribution >= 0.6 is 0 Å². The summed E-state index contributed by atoms with van der Waals surface area (Å²) in [6.45, 7) is 0. The van der Waals surface area contributed by atoms with Crippen LogP contribution < -0.4 is 19.3 Å². The molecule has 0 N–H and O–H groups in total. The third kappa shape index (κ3) is 5.17. The Morgan fingerprint density at radius 3 is 1.06 bits per heavy atom. The molecule has 0 bridgehead atoms. The zero-order valence-electron chi connectivity index (χ0n) is 33.2. The van der Waals surface area contributed by atoms with Gasteiger partial charge in [-0.25, -0.2) is 0 Å². The fourth-order valence-electron chi connectivity index (χ4n) is 9.60. The minimum absolute atomic E-state index is 0.806. The van der Waals surface area contributed by atoms with E-state index >= 15 is 0 Å². The third-order valence-corrected chi connectivity index (χ3v) is 12.3. The van der Waals surface area contributed by atoms with Crippen molar-refractivity contribution >= 4 is 77.2 Å². The maximum Gasteiger partial charge on any atom is 0.151 e. The lowest BCUT2D eigenvalue weighted by Gasteiger charge is -2.33. The smallest absolute Gasteiger partial charge is 0.151 e. The van der Waals surface area contributed by atoms with E-state index in [9.17, 15) is 0 Å². The average Bonchev–Trinajstić information content (AvgIpc) is 3.33. The molecule has 4 heterocycles. The van der Waals surface area contributed by atoms with Gasteiger partial charge >= 0.3 is 0 Å². The number of hydrogen-bond acceptors (Lipinski definition) is 6. The van der Waals surface area contributed by atoms with E-state index in [1.807, 2.05) is 60.9 Å². The molecule has 290 valence electrons. The largest absolute Gasteiger partial charge is 0.453 e. The Morgan fingerprint density at radius 2 is 0.661 bits per heavy atom. The van der Waals surface area contributed by atoms with Crippen molar-refractivity contribution in [2.45, 2.75) is 0 Å². The van der Waals surface area contributed by atoms with Gasteiger partial charge in [-0.05, 0) is 117 Å². The predicted molar refractivity (Wildman–Crippen MR) is 252 cm³/mol. The summed E-state index contributed by atoms with van der Waals surface area (Å²) >= 11 is 0. The Morgan fingerprint density at radius 1 is 0.306 bits per heavy atom. The molecule has 0 radical (unpaired) electrons. The fourth-order valence-corrected chi connectivity index (χ4v) is 9.60. The number of rotatable bonds is 4. The first kappa shape index (κ1) is 34.4. The van der Waals surface area contributed by atoms with Crippen molar-refractivity contribution in [2.24, 2.45) is 0 Å². The van der Waals surface area contributed by atoms with E-state index in [1.165, 1.54) is 0 Å². The highest BCUT2D eigenvalue weighted by Gasteiger charge is 2.30. The summed E-state index contributed by atoms with van der Waals surface area (Å²) in [6.07, 6.45) is 3.87. The number of para-hydroxylation sites is 8. The quantitative estimate of drug-likeness (QED) is 0.165. The summed E-state index contributed by atoms with van der Waals surface area (Å²) in [4.78, 5) is 15.1. The highest BCUT2D eigenvalue weighted by Crippen LogP contribution is 2.55. The Labute approximate surface area is 357 Å². The van der Waals surface area contributed by atoms with Crippen LogP contribution in [-0.2, 0) is 0 Å². The molecule has 6 heteroatoms. The van der Waals surface area contributed by atoms with Crippen LogP contribution in [0.4, 0.5) is 34.1 Å². The topological polar surface area (TPSA) is 50.7 Å². The summed E-state index contributed by atoms with van der Waals surface area (Å²) in [5, 5.41) is 8.71. The monoisotopic (exact) mass is 794 g/mol. The fraction of sp³-hybridized carbons (Fsp3) is 0. The van der Waals surface area contributed by atoms with Gasteiger partial charge in [0.25, 0.3) is 0 Å². The minimum atomic E-state index is 0.806. The zero-order valence-corrected chi connectivity index (χ0v) is 33.2. The maximum atomic E-state index is 6.47. The van der Waals surface area contributed by atoms with Crippen molar-refractivity contribution in [2.75, 3.05) is 9.80 Å². The summed E-state index contributed by atoms with van der Waals surface area (Å²) in [5.41, 5.74) is 9.88. The molecule has 62 heavy (non-hydrogen) atoms. The van der Waals surface area contributed by atoms with E-state index in [0.29, 0.717) is 0 Å². The molecule has 11 aromatic rings. The number of anilines is 6. The first-order chi connectivity index (χ1) is 30.8. The van der Waals surface area contributed by atoms with Crippen molar-refractivity contribution in [1.29, 1.82) is 0 Å². The highest BCUT2D eigenvalue weighted by atomic mass is 16.5.